The Morgan fingerprint density at radius 1 is 1.16 bits per heavy atom. The lowest BCUT2D eigenvalue weighted by molar-refractivity contribution is -0.115. The van der Waals surface area contributed by atoms with Crippen LogP contribution in [0.1, 0.15) is 32.8 Å². The van der Waals surface area contributed by atoms with Crippen LogP contribution in [0.5, 0.6) is 0 Å². The van der Waals surface area contributed by atoms with Gasteiger partial charge in [0.1, 0.15) is 0 Å². The van der Waals surface area contributed by atoms with Crippen molar-refractivity contribution >= 4 is 21.2 Å². The molecular formula is C15H18O3S. The van der Waals surface area contributed by atoms with E-state index in [4.69, 9.17) is 0 Å². The quantitative estimate of drug-likeness (QED) is 0.836. The Morgan fingerprint density at radius 2 is 1.74 bits per heavy atom. The summed E-state index contributed by atoms with van der Waals surface area (Å²) >= 11 is 0. The smallest absolute Gasteiger partial charge is 0.176 e. The van der Waals surface area contributed by atoms with Crippen molar-refractivity contribution < 1.29 is 13.2 Å². The Kier molecular flexibility index (Phi) is 3.17. The maximum absolute atomic E-state index is 11.9. The molecule has 3 nitrogen and oxygen atoms in total. The van der Waals surface area contributed by atoms with Gasteiger partial charge in [0, 0.05) is 12.7 Å². The molecule has 0 amide bonds. The zero-order chi connectivity index (χ0) is 14.4. The summed E-state index contributed by atoms with van der Waals surface area (Å²) in [6.45, 7) is 5.75. The number of rotatable bonds is 2. The van der Waals surface area contributed by atoms with Crippen LogP contribution in [0.4, 0.5) is 0 Å². The summed E-state index contributed by atoms with van der Waals surface area (Å²) in [4.78, 5) is 12.2. The molecule has 1 aliphatic carbocycles. The SMILES string of the molecule is CC1=C(c2ccccc2S(C)(=O)=O)C(C)(C)CC1=O. The molecule has 0 spiro atoms. The van der Waals surface area contributed by atoms with Gasteiger partial charge in [0.25, 0.3) is 0 Å². The summed E-state index contributed by atoms with van der Waals surface area (Å²) in [5.74, 6) is 0.100. The van der Waals surface area contributed by atoms with Gasteiger partial charge in [-0.05, 0) is 35.1 Å². The molecular weight excluding hydrogens is 260 g/mol. The maximum Gasteiger partial charge on any atom is 0.176 e. The van der Waals surface area contributed by atoms with E-state index in [9.17, 15) is 13.2 Å². The summed E-state index contributed by atoms with van der Waals surface area (Å²) < 4.78 is 23.8. The Labute approximate surface area is 114 Å². The van der Waals surface area contributed by atoms with Gasteiger partial charge < -0.3 is 0 Å². The molecule has 0 aromatic heterocycles. The number of benzene rings is 1. The molecule has 0 bridgehead atoms. The molecule has 1 aromatic rings. The Hall–Kier alpha value is -1.42. The number of hydrogen-bond donors (Lipinski definition) is 0. The predicted molar refractivity (Wildman–Crippen MR) is 75.6 cm³/mol. The number of allylic oxidation sites excluding steroid dienone is 2. The molecule has 1 aromatic carbocycles. The minimum Gasteiger partial charge on any atom is -0.295 e. The molecule has 0 radical (unpaired) electrons. The Balaban J connectivity index is 2.77. The van der Waals surface area contributed by atoms with E-state index in [1.165, 1.54) is 6.26 Å². The van der Waals surface area contributed by atoms with E-state index in [-0.39, 0.29) is 11.2 Å². The van der Waals surface area contributed by atoms with Gasteiger partial charge in [0.2, 0.25) is 0 Å². The van der Waals surface area contributed by atoms with Crippen LogP contribution in [0.15, 0.2) is 34.7 Å². The van der Waals surface area contributed by atoms with Crippen LogP contribution in [0.3, 0.4) is 0 Å². The lowest BCUT2D eigenvalue weighted by Gasteiger charge is -2.23. The van der Waals surface area contributed by atoms with Gasteiger partial charge in [-0.15, -0.1) is 0 Å². The third kappa shape index (κ3) is 2.37. The van der Waals surface area contributed by atoms with Crippen molar-refractivity contribution in [2.75, 3.05) is 6.26 Å². The number of carbonyl (C=O) groups excluding carboxylic acids is 1. The van der Waals surface area contributed by atoms with Crippen molar-refractivity contribution in [3.63, 3.8) is 0 Å². The second-order valence-corrected chi connectivity index (χ2v) is 7.74. The zero-order valence-electron chi connectivity index (χ0n) is 11.6. The number of hydrogen-bond acceptors (Lipinski definition) is 3. The number of sulfone groups is 1. The first kappa shape index (κ1) is 14.0. The second-order valence-electron chi connectivity index (χ2n) is 5.75. The normalized spacial score (nSPS) is 19.1. The lowest BCUT2D eigenvalue weighted by Crippen LogP contribution is -2.13. The van der Waals surface area contributed by atoms with Gasteiger partial charge in [0.15, 0.2) is 15.6 Å². The zero-order valence-corrected chi connectivity index (χ0v) is 12.5. The average Bonchev–Trinajstić information content (AvgIpc) is 2.46. The molecule has 0 atom stereocenters. The summed E-state index contributed by atoms with van der Waals surface area (Å²) in [6.07, 6.45) is 1.64. The molecule has 2 rings (SSSR count). The molecule has 0 saturated carbocycles. The van der Waals surface area contributed by atoms with Crippen LogP contribution in [0, 0.1) is 5.41 Å². The first-order chi connectivity index (χ1) is 8.64. The summed E-state index contributed by atoms with van der Waals surface area (Å²) in [6, 6.07) is 6.90. The maximum atomic E-state index is 11.9. The fraction of sp³-hybridized carbons (Fsp3) is 0.400. The van der Waals surface area contributed by atoms with Crippen molar-refractivity contribution in [3.8, 4) is 0 Å². The third-order valence-corrected chi connectivity index (χ3v) is 4.78. The van der Waals surface area contributed by atoms with Gasteiger partial charge in [0.05, 0.1) is 4.90 Å². The van der Waals surface area contributed by atoms with E-state index in [0.717, 1.165) is 5.57 Å². The summed E-state index contributed by atoms with van der Waals surface area (Å²) in [5.41, 5.74) is 1.89. The third-order valence-electron chi connectivity index (χ3n) is 3.63. The molecule has 0 saturated heterocycles. The average molecular weight is 278 g/mol. The van der Waals surface area contributed by atoms with Crippen molar-refractivity contribution in [1.82, 2.24) is 0 Å². The summed E-state index contributed by atoms with van der Waals surface area (Å²) in [7, 11) is -3.31. The van der Waals surface area contributed by atoms with Gasteiger partial charge in [-0.1, -0.05) is 32.0 Å². The molecule has 19 heavy (non-hydrogen) atoms. The molecule has 0 aliphatic heterocycles. The molecule has 0 N–H and O–H groups in total. The largest absolute Gasteiger partial charge is 0.295 e. The highest BCUT2D eigenvalue weighted by molar-refractivity contribution is 7.90. The topological polar surface area (TPSA) is 51.2 Å². The van der Waals surface area contributed by atoms with Crippen LogP contribution < -0.4 is 0 Å². The highest BCUT2D eigenvalue weighted by Gasteiger charge is 2.38. The molecule has 0 fully saturated rings. The monoisotopic (exact) mass is 278 g/mol. The lowest BCUT2D eigenvalue weighted by atomic mass is 9.81. The van der Waals surface area contributed by atoms with Crippen LogP contribution in [-0.2, 0) is 14.6 Å². The van der Waals surface area contributed by atoms with Gasteiger partial charge in [-0.2, -0.15) is 0 Å². The first-order valence-electron chi connectivity index (χ1n) is 6.18. The molecule has 1 aliphatic rings. The van der Waals surface area contributed by atoms with E-state index in [1.54, 1.807) is 25.1 Å². The molecule has 4 heteroatoms. The minimum absolute atomic E-state index is 0.100. The molecule has 102 valence electrons. The van der Waals surface area contributed by atoms with Crippen LogP contribution in [0.25, 0.3) is 5.57 Å². The Bertz CT molecular complexity index is 679. The minimum atomic E-state index is -3.31. The van der Waals surface area contributed by atoms with E-state index in [1.807, 2.05) is 19.9 Å². The molecule has 0 heterocycles. The van der Waals surface area contributed by atoms with E-state index < -0.39 is 9.84 Å². The number of carbonyl (C=O) groups is 1. The molecule has 0 unspecified atom stereocenters. The first-order valence-corrected chi connectivity index (χ1v) is 8.08. The second kappa shape index (κ2) is 4.30. The van der Waals surface area contributed by atoms with Crippen molar-refractivity contribution in [3.05, 3.63) is 35.4 Å². The van der Waals surface area contributed by atoms with Crippen LogP contribution >= 0.6 is 0 Å². The fourth-order valence-corrected chi connectivity index (χ4v) is 3.73. The van der Waals surface area contributed by atoms with Crippen molar-refractivity contribution in [1.29, 1.82) is 0 Å². The fourth-order valence-electron chi connectivity index (χ4n) is 2.83. The van der Waals surface area contributed by atoms with Crippen molar-refractivity contribution in [2.45, 2.75) is 32.1 Å². The van der Waals surface area contributed by atoms with Crippen molar-refractivity contribution in [2.24, 2.45) is 5.41 Å². The highest BCUT2D eigenvalue weighted by Crippen LogP contribution is 2.47. The highest BCUT2D eigenvalue weighted by atomic mass is 32.2. The standard InChI is InChI=1S/C15H18O3S/c1-10-12(16)9-15(2,3)14(10)11-7-5-6-8-13(11)19(4,17)18/h5-8H,9H2,1-4H3. The number of Topliss-reactive ketones (excluding diaryl/α,β-unsaturated/α-hetero) is 1. The van der Waals surface area contributed by atoms with E-state index >= 15 is 0 Å². The van der Waals surface area contributed by atoms with Crippen LogP contribution in [0.2, 0.25) is 0 Å². The Morgan fingerprint density at radius 3 is 2.21 bits per heavy atom. The van der Waals surface area contributed by atoms with Crippen LogP contribution in [-0.4, -0.2) is 20.5 Å². The predicted octanol–water partition coefficient (Wildman–Crippen LogP) is 2.86. The number of ketones is 1. The van der Waals surface area contributed by atoms with Gasteiger partial charge in [-0.25, -0.2) is 8.42 Å². The summed E-state index contributed by atoms with van der Waals surface area (Å²) in [5, 5.41) is 0. The van der Waals surface area contributed by atoms with Gasteiger partial charge >= 0.3 is 0 Å². The van der Waals surface area contributed by atoms with E-state index in [2.05, 4.69) is 0 Å². The van der Waals surface area contributed by atoms with E-state index in [0.29, 0.717) is 22.5 Å². The van der Waals surface area contributed by atoms with Gasteiger partial charge in [-0.3, -0.25) is 4.79 Å².